The molecule has 1 aromatic rings. The van der Waals surface area contributed by atoms with Crippen molar-refractivity contribution in [2.45, 2.75) is 25.8 Å². The molecular formula is C19H19N2O4S2-. The van der Waals surface area contributed by atoms with E-state index in [4.69, 9.17) is 12.2 Å². The molecule has 8 heteroatoms. The third-order valence-electron chi connectivity index (χ3n) is 4.81. The molecular weight excluding hydrogens is 384 g/mol. The van der Waals surface area contributed by atoms with Crippen molar-refractivity contribution < 1.29 is 19.5 Å². The molecule has 0 unspecified atom stereocenters. The normalized spacial score (nSPS) is 21.0. The van der Waals surface area contributed by atoms with Crippen molar-refractivity contribution in [2.75, 3.05) is 13.1 Å². The third-order valence-corrected chi connectivity index (χ3v) is 6.14. The Balaban J connectivity index is 1.69. The summed E-state index contributed by atoms with van der Waals surface area (Å²) in [6.45, 7) is 2.34. The van der Waals surface area contributed by atoms with Crippen molar-refractivity contribution in [2.24, 2.45) is 5.92 Å². The SMILES string of the molecule is C[C@@H](C(=O)N1CCC(C(=O)[O-])CC1)N1C(=O)/C(=C\c2ccccc2)SC1=S. The van der Waals surface area contributed by atoms with Crippen LogP contribution in [0.4, 0.5) is 0 Å². The van der Waals surface area contributed by atoms with Crippen molar-refractivity contribution in [3.05, 3.63) is 40.8 Å². The van der Waals surface area contributed by atoms with Gasteiger partial charge in [-0.1, -0.05) is 54.3 Å². The van der Waals surface area contributed by atoms with E-state index in [0.29, 0.717) is 35.2 Å². The molecule has 2 aliphatic rings. The zero-order chi connectivity index (χ0) is 19.6. The molecule has 27 heavy (non-hydrogen) atoms. The monoisotopic (exact) mass is 403 g/mol. The molecule has 1 atom stereocenters. The van der Waals surface area contributed by atoms with Gasteiger partial charge in [-0.15, -0.1) is 0 Å². The van der Waals surface area contributed by atoms with Gasteiger partial charge in [-0.2, -0.15) is 0 Å². The Morgan fingerprint density at radius 2 is 1.89 bits per heavy atom. The predicted molar refractivity (Wildman–Crippen MR) is 105 cm³/mol. The van der Waals surface area contributed by atoms with E-state index in [9.17, 15) is 19.5 Å². The first-order chi connectivity index (χ1) is 12.9. The molecule has 0 aliphatic carbocycles. The lowest BCUT2D eigenvalue weighted by Crippen LogP contribution is -2.51. The molecule has 0 N–H and O–H groups in total. The topological polar surface area (TPSA) is 80.8 Å². The summed E-state index contributed by atoms with van der Waals surface area (Å²) < 4.78 is 0.354. The number of aliphatic carboxylic acids is 1. The Kier molecular flexibility index (Phi) is 5.96. The number of nitrogens with zero attached hydrogens (tertiary/aromatic N) is 2. The minimum absolute atomic E-state index is 0.218. The highest BCUT2D eigenvalue weighted by molar-refractivity contribution is 8.26. The summed E-state index contributed by atoms with van der Waals surface area (Å²) in [5.41, 5.74) is 0.890. The fraction of sp³-hybridized carbons (Fsp3) is 0.368. The van der Waals surface area contributed by atoms with Gasteiger partial charge in [0, 0.05) is 25.0 Å². The van der Waals surface area contributed by atoms with Gasteiger partial charge in [-0.05, 0) is 31.4 Å². The lowest BCUT2D eigenvalue weighted by molar-refractivity contribution is -0.312. The molecule has 0 saturated carbocycles. The Labute approximate surface area is 167 Å². The number of benzene rings is 1. The molecule has 3 rings (SSSR count). The lowest BCUT2D eigenvalue weighted by Gasteiger charge is -2.35. The van der Waals surface area contributed by atoms with Crippen LogP contribution in [0.25, 0.3) is 6.08 Å². The summed E-state index contributed by atoms with van der Waals surface area (Å²) in [6.07, 6.45) is 2.50. The van der Waals surface area contributed by atoms with Crippen LogP contribution in [0.3, 0.4) is 0 Å². The van der Waals surface area contributed by atoms with Crippen molar-refractivity contribution in [3.63, 3.8) is 0 Å². The number of thioether (sulfide) groups is 1. The van der Waals surface area contributed by atoms with E-state index in [1.165, 1.54) is 16.7 Å². The second-order valence-corrected chi connectivity index (χ2v) is 8.23. The van der Waals surface area contributed by atoms with Gasteiger partial charge < -0.3 is 14.8 Å². The van der Waals surface area contributed by atoms with Crippen LogP contribution >= 0.6 is 24.0 Å². The quantitative estimate of drug-likeness (QED) is 0.556. The van der Waals surface area contributed by atoms with Crippen LogP contribution in [0.2, 0.25) is 0 Å². The molecule has 2 amide bonds. The van der Waals surface area contributed by atoms with Crippen LogP contribution in [-0.2, 0) is 14.4 Å². The molecule has 2 fully saturated rings. The van der Waals surface area contributed by atoms with Crippen LogP contribution in [0.1, 0.15) is 25.3 Å². The Morgan fingerprint density at radius 1 is 1.26 bits per heavy atom. The second-order valence-electron chi connectivity index (χ2n) is 6.56. The van der Waals surface area contributed by atoms with Crippen LogP contribution in [0.5, 0.6) is 0 Å². The lowest BCUT2D eigenvalue weighted by atomic mass is 9.96. The number of thiocarbonyl (C=S) groups is 1. The average molecular weight is 404 g/mol. The first-order valence-electron chi connectivity index (χ1n) is 8.70. The second kappa shape index (κ2) is 8.22. The maximum Gasteiger partial charge on any atom is 0.266 e. The van der Waals surface area contributed by atoms with E-state index >= 15 is 0 Å². The predicted octanol–water partition coefficient (Wildman–Crippen LogP) is 1.26. The minimum atomic E-state index is -1.07. The maximum absolute atomic E-state index is 12.8. The fourth-order valence-electron chi connectivity index (χ4n) is 3.22. The summed E-state index contributed by atoms with van der Waals surface area (Å²) in [7, 11) is 0. The highest BCUT2D eigenvalue weighted by atomic mass is 32.2. The molecule has 2 aliphatic heterocycles. The summed E-state index contributed by atoms with van der Waals surface area (Å²) in [4.78, 5) is 40.0. The fourth-order valence-corrected chi connectivity index (χ4v) is 4.64. The number of rotatable bonds is 4. The van der Waals surface area contributed by atoms with Crippen molar-refractivity contribution in [1.82, 2.24) is 9.80 Å². The number of hydrogen-bond acceptors (Lipinski definition) is 6. The first kappa shape index (κ1) is 19.6. The highest BCUT2D eigenvalue weighted by Crippen LogP contribution is 2.34. The number of carbonyl (C=O) groups excluding carboxylic acids is 3. The molecule has 0 aromatic heterocycles. The van der Waals surface area contributed by atoms with E-state index in [1.807, 2.05) is 30.3 Å². The number of carboxylic acids is 1. The van der Waals surface area contributed by atoms with Crippen molar-refractivity contribution in [3.8, 4) is 0 Å². The van der Waals surface area contributed by atoms with Gasteiger partial charge in [-0.25, -0.2) is 0 Å². The summed E-state index contributed by atoms with van der Waals surface area (Å²) >= 11 is 6.52. The Hall–Kier alpha value is -2.19. The van der Waals surface area contributed by atoms with E-state index < -0.39 is 17.9 Å². The number of amides is 2. The smallest absolute Gasteiger partial charge is 0.266 e. The number of piperidine rings is 1. The molecule has 6 nitrogen and oxygen atoms in total. The average Bonchev–Trinajstić information content (AvgIpc) is 2.94. The third kappa shape index (κ3) is 4.22. The maximum atomic E-state index is 12.8. The van der Waals surface area contributed by atoms with Crippen molar-refractivity contribution >= 4 is 52.2 Å². The molecule has 0 bridgehead atoms. The van der Waals surface area contributed by atoms with Crippen molar-refractivity contribution in [1.29, 1.82) is 0 Å². The van der Waals surface area contributed by atoms with Gasteiger partial charge in [0.15, 0.2) is 0 Å². The van der Waals surface area contributed by atoms with Gasteiger partial charge in [0.05, 0.1) is 4.91 Å². The molecule has 2 saturated heterocycles. The van der Waals surface area contributed by atoms with Crippen LogP contribution in [0.15, 0.2) is 35.2 Å². The van der Waals surface area contributed by atoms with Gasteiger partial charge >= 0.3 is 0 Å². The van der Waals surface area contributed by atoms with Gasteiger partial charge in [0.25, 0.3) is 5.91 Å². The molecule has 142 valence electrons. The van der Waals surface area contributed by atoms with E-state index in [-0.39, 0.29) is 11.8 Å². The summed E-state index contributed by atoms with van der Waals surface area (Å²) in [5, 5.41) is 11.0. The van der Waals surface area contributed by atoms with Gasteiger partial charge in [0.1, 0.15) is 10.4 Å². The summed E-state index contributed by atoms with van der Waals surface area (Å²) in [6, 6.07) is 8.72. The van der Waals surface area contributed by atoms with E-state index in [1.54, 1.807) is 17.9 Å². The standard InChI is InChI=1S/C19H20N2O4S2/c1-12(16(22)20-9-7-14(8-10-20)18(24)25)21-17(23)15(27-19(21)26)11-13-5-3-2-4-6-13/h2-6,11-12,14H,7-10H2,1H3,(H,24,25)/p-1/b15-11+/t12-/m0/s1. The van der Waals surface area contributed by atoms with Crippen LogP contribution in [-0.4, -0.2) is 51.0 Å². The number of likely N-dealkylation sites (tertiary alicyclic amines) is 1. The number of carbonyl (C=O) groups is 3. The molecule has 0 spiro atoms. The summed E-state index contributed by atoms with van der Waals surface area (Å²) in [5.74, 6) is -2.09. The molecule has 2 heterocycles. The van der Waals surface area contributed by atoms with Gasteiger partial charge in [-0.3, -0.25) is 14.5 Å². The highest BCUT2D eigenvalue weighted by Gasteiger charge is 2.40. The van der Waals surface area contributed by atoms with E-state index in [0.717, 1.165) is 5.56 Å². The van der Waals surface area contributed by atoms with Crippen LogP contribution in [0, 0.1) is 5.92 Å². The Morgan fingerprint density at radius 3 is 2.48 bits per heavy atom. The van der Waals surface area contributed by atoms with E-state index in [2.05, 4.69) is 0 Å². The number of hydrogen-bond donors (Lipinski definition) is 0. The number of carboxylic acid groups (broad SMARTS) is 1. The van der Waals surface area contributed by atoms with Gasteiger partial charge in [0.2, 0.25) is 5.91 Å². The zero-order valence-electron chi connectivity index (χ0n) is 14.8. The molecule has 0 radical (unpaired) electrons. The molecule has 1 aromatic carbocycles. The van der Waals surface area contributed by atoms with Crippen LogP contribution < -0.4 is 5.11 Å². The minimum Gasteiger partial charge on any atom is -0.550 e. The first-order valence-corrected chi connectivity index (χ1v) is 9.92. The largest absolute Gasteiger partial charge is 0.550 e. The zero-order valence-corrected chi connectivity index (χ0v) is 16.4. The Bertz CT molecular complexity index is 801.